The molecule has 194 valence electrons. The van der Waals surface area contributed by atoms with E-state index in [2.05, 4.69) is 11.7 Å². The van der Waals surface area contributed by atoms with Gasteiger partial charge in [-0.3, -0.25) is 4.79 Å². The Morgan fingerprint density at radius 1 is 0.886 bits per heavy atom. The van der Waals surface area contributed by atoms with Gasteiger partial charge in [0.25, 0.3) is 0 Å². The molecule has 0 heterocycles. The Hall–Kier alpha value is -2.78. The van der Waals surface area contributed by atoms with Crippen molar-refractivity contribution in [2.75, 3.05) is 21.3 Å². The summed E-state index contributed by atoms with van der Waals surface area (Å²) >= 11 is 0. The topological polar surface area (TPSA) is 124 Å². The summed E-state index contributed by atoms with van der Waals surface area (Å²) in [5.74, 6) is -0.419. The Kier molecular flexibility index (Phi) is 6.76. The van der Waals surface area contributed by atoms with Crippen LogP contribution in [0.15, 0.2) is 11.6 Å². The maximum atomic E-state index is 13.0. The number of methoxy groups -OCH3 is 3. The number of fused-ring (bicyclic) bond motifs is 5. The van der Waals surface area contributed by atoms with E-state index >= 15 is 0 Å². The van der Waals surface area contributed by atoms with E-state index in [1.165, 1.54) is 21.3 Å². The molecule has 0 aromatic rings. The van der Waals surface area contributed by atoms with Gasteiger partial charge in [-0.1, -0.05) is 19.4 Å². The first-order chi connectivity index (χ1) is 16.6. The van der Waals surface area contributed by atoms with Crippen molar-refractivity contribution in [3.8, 4) is 0 Å². The van der Waals surface area contributed by atoms with Gasteiger partial charge in [0.2, 0.25) is 0 Å². The number of Topliss-reactive ketones (excluding diaryl/α,β-unsaturated/α-hetero) is 1. The Morgan fingerprint density at radius 2 is 1.51 bits per heavy atom. The second-order valence-electron chi connectivity index (χ2n) is 10.5. The molecule has 0 amide bonds. The molecule has 10 nitrogen and oxygen atoms in total. The molecule has 4 rings (SSSR count). The van der Waals surface area contributed by atoms with Crippen molar-refractivity contribution in [2.24, 2.45) is 28.6 Å². The van der Waals surface area contributed by atoms with E-state index < -0.39 is 41.5 Å². The largest absolute Gasteiger partial charge is 0.508 e. The minimum Gasteiger partial charge on any atom is -0.438 e. The molecule has 35 heavy (non-hydrogen) atoms. The second-order valence-corrected chi connectivity index (χ2v) is 10.5. The standard InChI is InChI=1S/C25H34O10/c1-24-9-8-14(33-21(27)30-3)10-13(24)11-16(34-22(28)31-4)19-15-6-7-18(26)25(15,2)12-17(20(19)24)35-23(29)32-5/h11,14-17,19-20H,6-10,12H2,1-5H3/t14-,15?,16?,17?,19?,20?,24-,25-/m0/s1. The molecule has 8 atom stereocenters. The van der Waals surface area contributed by atoms with Gasteiger partial charge in [-0.05, 0) is 43.1 Å². The summed E-state index contributed by atoms with van der Waals surface area (Å²) in [6, 6.07) is 0. The molecule has 4 aliphatic carbocycles. The molecule has 0 bridgehead atoms. The summed E-state index contributed by atoms with van der Waals surface area (Å²) in [4.78, 5) is 49.3. The maximum Gasteiger partial charge on any atom is 0.508 e. The van der Waals surface area contributed by atoms with Crippen molar-refractivity contribution in [3.05, 3.63) is 11.6 Å². The van der Waals surface area contributed by atoms with E-state index in [1.54, 1.807) is 0 Å². The predicted molar refractivity (Wildman–Crippen MR) is 119 cm³/mol. The van der Waals surface area contributed by atoms with Crippen LogP contribution >= 0.6 is 0 Å². The molecule has 5 unspecified atom stereocenters. The molecule has 0 N–H and O–H groups in total. The minimum atomic E-state index is -0.825. The molecular weight excluding hydrogens is 460 g/mol. The molecule has 4 aliphatic rings. The summed E-state index contributed by atoms with van der Waals surface area (Å²) in [6.45, 7) is 4.04. The lowest BCUT2D eigenvalue weighted by atomic mass is 9.46. The van der Waals surface area contributed by atoms with Gasteiger partial charge < -0.3 is 28.4 Å². The van der Waals surface area contributed by atoms with E-state index in [1.807, 2.05) is 13.0 Å². The van der Waals surface area contributed by atoms with Crippen LogP contribution in [-0.4, -0.2) is 63.9 Å². The summed E-state index contributed by atoms with van der Waals surface area (Å²) in [5.41, 5.74) is -0.175. The predicted octanol–water partition coefficient (Wildman–Crippen LogP) is 4.19. The molecule has 0 radical (unpaired) electrons. The molecule has 10 heteroatoms. The van der Waals surface area contributed by atoms with Crippen LogP contribution in [-0.2, 0) is 33.2 Å². The van der Waals surface area contributed by atoms with E-state index in [0.717, 1.165) is 5.57 Å². The van der Waals surface area contributed by atoms with E-state index in [9.17, 15) is 19.2 Å². The SMILES string of the molecule is COC(=O)OC1C=C2C[C@@H](OC(=O)OC)CC[C@]2(C)C2C(OC(=O)OC)C[C@]3(C)C(=O)CCC3C12. The first-order valence-corrected chi connectivity index (χ1v) is 12.1. The van der Waals surface area contributed by atoms with Crippen LogP contribution in [0.1, 0.15) is 52.4 Å². The van der Waals surface area contributed by atoms with E-state index in [0.29, 0.717) is 38.5 Å². The van der Waals surface area contributed by atoms with Crippen LogP contribution < -0.4 is 0 Å². The lowest BCUT2D eigenvalue weighted by Gasteiger charge is -2.60. The highest BCUT2D eigenvalue weighted by Gasteiger charge is 2.66. The fourth-order valence-electron chi connectivity index (χ4n) is 7.29. The van der Waals surface area contributed by atoms with Crippen LogP contribution in [0, 0.1) is 28.6 Å². The van der Waals surface area contributed by atoms with Crippen LogP contribution in [0.25, 0.3) is 0 Å². The quantitative estimate of drug-likeness (QED) is 0.320. The van der Waals surface area contributed by atoms with Gasteiger partial charge in [0.15, 0.2) is 0 Å². The van der Waals surface area contributed by atoms with Gasteiger partial charge in [0.1, 0.15) is 24.1 Å². The fourth-order valence-corrected chi connectivity index (χ4v) is 7.29. The van der Waals surface area contributed by atoms with Gasteiger partial charge in [-0.25, -0.2) is 14.4 Å². The molecular formula is C25H34O10. The van der Waals surface area contributed by atoms with Crippen LogP contribution in [0.4, 0.5) is 14.4 Å². The molecule has 3 saturated carbocycles. The van der Waals surface area contributed by atoms with Gasteiger partial charge in [-0.2, -0.15) is 0 Å². The molecule has 0 saturated heterocycles. The Morgan fingerprint density at radius 3 is 2.17 bits per heavy atom. The Bertz CT molecular complexity index is 927. The zero-order valence-electron chi connectivity index (χ0n) is 20.9. The third-order valence-electron chi connectivity index (χ3n) is 8.93. The van der Waals surface area contributed by atoms with Crippen LogP contribution in [0.3, 0.4) is 0 Å². The van der Waals surface area contributed by atoms with E-state index in [-0.39, 0.29) is 29.6 Å². The lowest BCUT2D eigenvalue weighted by Crippen LogP contribution is -2.61. The zero-order valence-corrected chi connectivity index (χ0v) is 20.9. The number of carbonyl (C=O) groups excluding carboxylic acids is 4. The van der Waals surface area contributed by atoms with Gasteiger partial charge in [0, 0.05) is 30.1 Å². The molecule has 0 spiro atoms. The number of hydrogen-bond acceptors (Lipinski definition) is 10. The first-order valence-electron chi connectivity index (χ1n) is 12.1. The van der Waals surface area contributed by atoms with Gasteiger partial charge in [0.05, 0.1) is 21.3 Å². The van der Waals surface area contributed by atoms with Crippen molar-refractivity contribution in [3.63, 3.8) is 0 Å². The van der Waals surface area contributed by atoms with Crippen molar-refractivity contribution in [1.82, 2.24) is 0 Å². The maximum absolute atomic E-state index is 13.0. The summed E-state index contributed by atoms with van der Waals surface area (Å²) in [7, 11) is 3.75. The lowest BCUT2D eigenvalue weighted by molar-refractivity contribution is -0.163. The highest BCUT2D eigenvalue weighted by molar-refractivity contribution is 5.87. The molecule has 0 aliphatic heterocycles. The highest BCUT2D eigenvalue weighted by Crippen LogP contribution is 2.65. The second kappa shape index (κ2) is 9.35. The monoisotopic (exact) mass is 494 g/mol. The van der Waals surface area contributed by atoms with E-state index in [4.69, 9.17) is 23.7 Å². The molecule has 0 aromatic carbocycles. The van der Waals surface area contributed by atoms with Gasteiger partial charge in [-0.15, -0.1) is 0 Å². The van der Waals surface area contributed by atoms with Crippen molar-refractivity contribution >= 4 is 24.2 Å². The van der Waals surface area contributed by atoms with Crippen molar-refractivity contribution in [2.45, 2.75) is 70.7 Å². The minimum absolute atomic E-state index is 0.0502. The normalized spacial score (nSPS) is 39.7. The average Bonchev–Trinajstić information content (AvgIpc) is 3.13. The first kappa shape index (κ1) is 25.3. The van der Waals surface area contributed by atoms with Gasteiger partial charge >= 0.3 is 18.5 Å². The summed E-state index contributed by atoms with van der Waals surface area (Å²) in [5, 5.41) is 0. The van der Waals surface area contributed by atoms with Crippen LogP contribution in [0.5, 0.6) is 0 Å². The highest BCUT2D eigenvalue weighted by atomic mass is 16.7. The van der Waals surface area contributed by atoms with Crippen molar-refractivity contribution < 1.29 is 47.6 Å². The Labute approximate surface area is 204 Å². The number of carbonyl (C=O) groups is 4. The molecule has 3 fully saturated rings. The number of ether oxygens (including phenoxy) is 6. The van der Waals surface area contributed by atoms with Crippen molar-refractivity contribution in [1.29, 1.82) is 0 Å². The molecule has 0 aromatic heterocycles. The number of rotatable bonds is 3. The third-order valence-corrected chi connectivity index (χ3v) is 8.93. The fraction of sp³-hybridized carbons (Fsp3) is 0.760. The summed E-state index contributed by atoms with van der Waals surface area (Å²) in [6.07, 6.45) is 1.02. The Balaban J connectivity index is 1.79. The summed E-state index contributed by atoms with van der Waals surface area (Å²) < 4.78 is 31.3. The average molecular weight is 495 g/mol. The number of ketones is 1. The number of hydrogen-bond donors (Lipinski definition) is 0. The zero-order chi connectivity index (χ0) is 25.5. The third kappa shape index (κ3) is 4.25. The smallest absolute Gasteiger partial charge is 0.438 e. The van der Waals surface area contributed by atoms with Crippen LogP contribution in [0.2, 0.25) is 0 Å².